The van der Waals surface area contributed by atoms with Gasteiger partial charge in [-0.3, -0.25) is 9.36 Å². The molecule has 3 aromatic rings. The lowest BCUT2D eigenvalue weighted by atomic mass is 10.1. The quantitative estimate of drug-likeness (QED) is 0.730. The fourth-order valence-electron chi connectivity index (χ4n) is 2.28. The highest BCUT2D eigenvalue weighted by Crippen LogP contribution is 2.35. The van der Waals surface area contributed by atoms with E-state index < -0.39 is 5.82 Å². The van der Waals surface area contributed by atoms with E-state index in [1.807, 2.05) is 13.0 Å². The monoisotopic (exact) mass is 333 g/mol. The number of ether oxygens (including phenoxy) is 1. The van der Waals surface area contributed by atoms with E-state index in [1.165, 1.54) is 17.7 Å². The van der Waals surface area contributed by atoms with Gasteiger partial charge in [0.1, 0.15) is 5.02 Å². The number of benzene rings is 2. The molecule has 0 spiro atoms. The van der Waals surface area contributed by atoms with E-state index >= 15 is 0 Å². The first-order valence-corrected chi connectivity index (χ1v) is 7.15. The number of halogens is 2. The maximum absolute atomic E-state index is 13.9. The Morgan fingerprint density at radius 3 is 2.78 bits per heavy atom. The second-order valence-corrected chi connectivity index (χ2v) is 5.49. The first-order chi connectivity index (χ1) is 10.9. The van der Waals surface area contributed by atoms with E-state index in [9.17, 15) is 9.18 Å². The van der Waals surface area contributed by atoms with Crippen LogP contribution in [0.5, 0.6) is 11.8 Å². The first-order valence-electron chi connectivity index (χ1n) is 6.78. The minimum absolute atomic E-state index is 0.0661. The number of anilines is 1. The maximum atomic E-state index is 13.9. The van der Waals surface area contributed by atoms with Crippen LogP contribution in [0.25, 0.3) is 10.9 Å². The van der Waals surface area contributed by atoms with Crippen molar-refractivity contribution in [2.75, 3.05) is 5.73 Å². The second kappa shape index (κ2) is 5.55. The Balaban J connectivity index is 2.21. The third kappa shape index (κ3) is 2.51. The van der Waals surface area contributed by atoms with Gasteiger partial charge < -0.3 is 10.5 Å². The zero-order valence-electron chi connectivity index (χ0n) is 12.4. The summed E-state index contributed by atoms with van der Waals surface area (Å²) in [6, 6.07) is 7.69. The molecule has 0 unspecified atom stereocenters. The third-order valence-electron chi connectivity index (χ3n) is 3.54. The number of fused-ring (bicyclic) bond motifs is 1. The van der Waals surface area contributed by atoms with Gasteiger partial charge in [-0.2, -0.15) is 4.98 Å². The highest BCUT2D eigenvalue weighted by atomic mass is 35.5. The van der Waals surface area contributed by atoms with Gasteiger partial charge in [0.15, 0.2) is 11.6 Å². The number of nitrogens with zero attached hydrogens (tertiary/aromatic N) is 2. The lowest BCUT2D eigenvalue weighted by Crippen LogP contribution is -2.20. The average molecular weight is 334 g/mol. The van der Waals surface area contributed by atoms with E-state index in [1.54, 1.807) is 12.1 Å². The molecule has 118 valence electrons. The van der Waals surface area contributed by atoms with Gasteiger partial charge >= 0.3 is 6.01 Å². The SMILES string of the molecule is Cc1cccc2nc(Oc3c(F)ccc(N)c3Cl)n(C)c(=O)c12. The topological polar surface area (TPSA) is 70.1 Å². The summed E-state index contributed by atoms with van der Waals surface area (Å²) in [7, 11) is 1.49. The molecule has 2 N–H and O–H groups in total. The Hall–Kier alpha value is -2.60. The van der Waals surface area contributed by atoms with Crippen LogP contribution in [0.15, 0.2) is 35.1 Å². The van der Waals surface area contributed by atoms with E-state index in [4.69, 9.17) is 22.1 Å². The summed E-state index contributed by atoms with van der Waals surface area (Å²) in [5, 5.41) is 0.421. The molecule has 0 radical (unpaired) electrons. The Kier molecular flexibility index (Phi) is 3.69. The number of aryl methyl sites for hydroxylation is 1. The van der Waals surface area contributed by atoms with E-state index in [2.05, 4.69) is 4.98 Å². The number of hydrogen-bond acceptors (Lipinski definition) is 4. The predicted molar refractivity (Wildman–Crippen MR) is 87.6 cm³/mol. The summed E-state index contributed by atoms with van der Waals surface area (Å²) in [6.07, 6.45) is 0. The molecule has 0 fully saturated rings. The van der Waals surface area contributed by atoms with Gasteiger partial charge in [0.2, 0.25) is 0 Å². The third-order valence-corrected chi connectivity index (χ3v) is 3.93. The molecule has 3 rings (SSSR count). The van der Waals surface area contributed by atoms with Crippen molar-refractivity contribution in [3.63, 3.8) is 0 Å². The molecule has 0 atom stereocenters. The summed E-state index contributed by atoms with van der Waals surface area (Å²) in [5.74, 6) is -0.955. The summed E-state index contributed by atoms with van der Waals surface area (Å²) < 4.78 is 20.6. The number of rotatable bonds is 2. The van der Waals surface area contributed by atoms with Crippen LogP contribution in [-0.4, -0.2) is 9.55 Å². The van der Waals surface area contributed by atoms with Crippen molar-refractivity contribution in [2.45, 2.75) is 6.92 Å². The van der Waals surface area contributed by atoms with Crippen LogP contribution >= 0.6 is 11.6 Å². The Morgan fingerprint density at radius 2 is 2.04 bits per heavy atom. The average Bonchev–Trinajstić information content (AvgIpc) is 2.52. The van der Waals surface area contributed by atoms with Crippen LogP contribution in [0.1, 0.15) is 5.56 Å². The number of nitrogens with two attached hydrogens (primary N) is 1. The van der Waals surface area contributed by atoms with Crippen LogP contribution in [-0.2, 0) is 7.05 Å². The first kappa shape index (κ1) is 15.3. The number of nitrogen functional groups attached to an aromatic ring is 1. The Bertz CT molecular complexity index is 985. The standard InChI is InChI=1S/C16H13ClFN3O2/c1-8-4-3-5-11-12(8)15(22)21(2)16(20-11)23-14-9(18)6-7-10(19)13(14)17/h3-7H,19H2,1-2H3. The molecular weight excluding hydrogens is 321 g/mol. The smallest absolute Gasteiger partial charge is 0.305 e. The fraction of sp³-hybridized carbons (Fsp3) is 0.125. The molecule has 0 saturated carbocycles. The molecule has 23 heavy (non-hydrogen) atoms. The summed E-state index contributed by atoms with van der Waals surface area (Å²) in [5.41, 5.74) is 6.80. The van der Waals surface area contributed by atoms with Gasteiger partial charge in [-0.05, 0) is 30.7 Å². The summed E-state index contributed by atoms with van der Waals surface area (Å²) in [6.45, 7) is 1.82. The molecule has 1 heterocycles. The predicted octanol–water partition coefficient (Wildman–Crippen LogP) is 3.41. The van der Waals surface area contributed by atoms with Crippen molar-refractivity contribution in [3.8, 4) is 11.8 Å². The van der Waals surface area contributed by atoms with Gasteiger partial charge in [0, 0.05) is 7.05 Å². The normalized spacial score (nSPS) is 11.0. The van der Waals surface area contributed by atoms with Crippen molar-refractivity contribution in [2.24, 2.45) is 7.05 Å². The molecule has 7 heteroatoms. The van der Waals surface area contributed by atoms with Crippen LogP contribution < -0.4 is 16.0 Å². The second-order valence-electron chi connectivity index (χ2n) is 5.11. The molecule has 0 amide bonds. The number of aromatic nitrogens is 2. The van der Waals surface area contributed by atoms with Crippen molar-refractivity contribution < 1.29 is 9.13 Å². The highest BCUT2D eigenvalue weighted by Gasteiger charge is 2.17. The molecule has 0 saturated heterocycles. The van der Waals surface area contributed by atoms with Crippen LogP contribution in [0, 0.1) is 12.7 Å². The summed E-state index contributed by atoms with van der Waals surface area (Å²) in [4.78, 5) is 16.8. The maximum Gasteiger partial charge on any atom is 0.305 e. The van der Waals surface area contributed by atoms with Crippen LogP contribution in [0.3, 0.4) is 0 Å². The van der Waals surface area contributed by atoms with Gasteiger partial charge in [-0.1, -0.05) is 23.7 Å². The molecule has 0 aliphatic heterocycles. The van der Waals surface area contributed by atoms with Crippen LogP contribution in [0.4, 0.5) is 10.1 Å². The van der Waals surface area contributed by atoms with Gasteiger partial charge in [-0.15, -0.1) is 0 Å². The van der Waals surface area contributed by atoms with E-state index in [-0.39, 0.29) is 28.0 Å². The van der Waals surface area contributed by atoms with Gasteiger partial charge in [0.05, 0.1) is 16.6 Å². The zero-order chi connectivity index (χ0) is 16.7. The minimum Gasteiger partial charge on any atom is -0.421 e. The molecule has 1 aromatic heterocycles. The molecular formula is C16H13ClFN3O2. The fourth-order valence-corrected chi connectivity index (χ4v) is 2.47. The van der Waals surface area contributed by atoms with E-state index in [0.29, 0.717) is 10.9 Å². The summed E-state index contributed by atoms with van der Waals surface area (Å²) >= 11 is 5.98. The van der Waals surface area contributed by atoms with Gasteiger partial charge in [-0.25, -0.2) is 4.39 Å². The molecule has 5 nitrogen and oxygen atoms in total. The van der Waals surface area contributed by atoms with Crippen molar-refractivity contribution in [1.82, 2.24) is 9.55 Å². The van der Waals surface area contributed by atoms with Crippen molar-refractivity contribution >= 4 is 28.2 Å². The minimum atomic E-state index is -0.692. The Labute approximate surface area is 136 Å². The largest absolute Gasteiger partial charge is 0.421 e. The molecule has 2 aromatic carbocycles. The van der Waals surface area contributed by atoms with E-state index in [0.717, 1.165) is 11.6 Å². The van der Waals surface area contributed by atoms with Gasteiger partial charge in [0.25, 0.3) is 5.56 Å². The van der Waals surface area contributed by atoms with Crippen molar-refractivity contribution in [3.05, 3.63) is 57.1 Å². The highest BCUT2D eigenvalue weighted by molar-refractivity contribution is 6.34. The zero-order valence-corrected chi connectivity index (χ0v) is 13.2. The van der Waals surface area contributed by atoms with Crippen molar-refractivity contribution in [1.29, 1.82) is 0 Å². The molecule has 0 aliphatic rings. The lowest BCUT2D eigenvalue weighted by molar-refractivity contribution is 0.391. The lowest BCUT2D eigenvalue weighted by Gasteiger charge is -2.13. The Morgan fingerprint density at radius 1 is 1.30 bits per heavy atom. The number of hydrogen-bond donors (Lipinski definition) is 1. The van der Waals surface area contributed by atoms with Crippen LogP contribution in [0.2, 0.25) is 5.02 Å². The molecule has 0 bridgehead atoms. The molecule has 0 aliphatic carbocycles.